The van der Waals surface area contributed by atoms with Gasteiger partial charge in [-0.05, 0) is 43.2 Å². The van der Waals surface area contributed by atoms with E-state index in [2.05, 4.69) is 10.6 Å². The van der Waals surface area contributed by atoms with Gasteiger partial charge in [-0.2, -0.15) is 0 Å². The van der Waals surface area contributed by atoms with E-state index in [4.69, 9.17) is 4.74 Å². The van der Waals surface area contributed by atoms with Crippen LogP contribution in [0.15, 0.2) is 54.6 Å². The number of carbonyl (C=O) groups is 2. The molecule has 2 N–H and O–H groups in total. The van der Waals surface area contributed by atoms with Gasteiger partial charge < -0.3 is 20.3 Å². The van der Waals surface area contributed by atoms with Gasteiger partial charge in [-0.3, -0.25) is 4.79 Å². The molecule has 0 saturated carbocycles. The molecule has 1 aliphatic rings. The van der Waals surface area contributed by atoms with Crippen LogP contribution in [-0.4, -0.2) is 36.5 Å². The van der Waals surface area contributed by atoms with Gasteiger partial charge in [-0.1, -0.05) is 24.3 Å². The summed E-state index contributed by atoms with van der Waals surface area (Å²) < 4.78 is 5.41. The Morgan fingerprint density at radius 2 is 1.60 bits per heavy atom. The smallest absolute Gasteiger partial charge is 0.321 e. The molecular formula is C19H21N3O3. The van der Waals surface area contributed by atoms with Crippen molar-refractivity contribution in [1.82, 2.24) is 4.90 Å². The summed E-state index contributed by atoms with van der Waals surface area (Å²) in [6.07, 6.45) is 2.09. The summed E-state index contributed by atoms with van der Waals surface area (Å²) in [6, 6.07) is 16.1. The highest BCUT2D eigenvalue weighted by atomic mass is 16.5. The number of rotatable bonds is 5. The number of likely N-dealkylation sites (tertiary alicyclic amines) is 1. The van der Waals surface area contributed by atoms with Gasteiger partial charge in [-0.15, -0.1) is 0 Å². The first-order valence-corrected chi connectivity index (χ1v) is 8.34. The summed E-state index contributed by atoms with van der Waals surface area (Å²) >= 11 is 0. The largest absolute Gasteiger partial charge is 0.484 e. The van der Waals surface area contributed by atoms with Crippen molar-refractivity contribution in [2.45, 2.75) is 12.8 Å². The van der Waals surface area contributed by atoms with E-state index in [-0.39, 0.29) is 18.5 Å². The van der Waals surface area contributed by atoms with Crippen LogP contribution < -0.4 is 15.4 Å². The number of hydrogen-bond acceptors (Lipinski definition) is 3. The van der Waals surface area contributed by atoms with Gasteiger partial charge in [0, 0.05) is 24.5 Å². The summed E-state index contributed by atoms with van der Waals surface area (Å²) in [6.45, 7) is 1.51. The van der Waals surface area contributed by atoms with Crippen molar-refractivity contribution in [2.75, 3.05) is 30.3 Å². The lowest BCUT2D eigenvalue weighted by atomic mass is 10.2. The molecule has 1 heterocycles. The summed E-state index contributed by atoms with van der Waals surface area (Å²) in [5.41, 5.74) is 1.26. The predicted octanol–water partition coefficient (Wildman–Crippen LogP) is 3.33. The lowest BCUT2D eigenvalue weighted by Crippen LogP contribution is -2.32. The van der Waals surface area contributed by atoms with Crippen molar-refractivity contribution < 1.29 is 14.3 Å². The molecule has 0 aliphatic carbocycles. The lowest BCUT2D eigenvalue weighted by Gasteiger charge is -2.16. The molecule has 3 amide bonds. The highest BCUT2D eigenvalue weighted by Gasteiger charge is 2.17. The molecule has 1 aliphatic heterocycles. The van der Waals surface area contributed by atoms with E-state index in [1.165, 1.54) is 0 Å². The highest BCUT2D eigenvalue weighted by molar-refractivity contribution is 5.94. The van der Waals surface area contributed by atoms with Gasteiger partial charge in [-0.25, -0.2) is 4.79 Å². The molecule has 2 aromatic carbocycles. The summed E-state index contributed by atoms with van der Waals surface area (Å²) in [5.74, 6) is 0.385. The van der Waals surface area contributed by atoms with Gasteiger partial charge in [0.25, 0.3) is 5.91 Å². The fraction of sp³-hybridized carbons (Fsp3) is 0.263. The fourth-order valence-electron chi connectivity index (χ4n) is 2.66. The van der Waals surface area contributed by atoms with Crippen LogP contribution in [0.25, 0.3) is 0 Å². The van der Waals surface area contributed by atoms with Crippen molar-refractivity contribution in [2.24, 2.45) is 0 Å². The topological polar surface area (TPSA) is 70.7 Å². The zero-order chi connectivity index (χ0) is 17.5. The maximum Gasteiger partial charge on any atom is 0.321 e. The average molecular weight is 339 g/mol. The molecule has 0 spiro atoms. The second-order valence-corrected chi connectivity index (χ2v) is 5.86. The maximum atomic E-state index is 12.1. The molecule has 25 heavy (non-hydrogen) atoms. The Balaban J connectivity index is 1.52. The first-order valence-electron chi connectivity index (χ1n) is 8.34. The lowest BCUT2D eigenvalue weighted by molar-refractivity contribution is -0.118. The van der Waals surface area contributed by atoms with Crippen LogP contribution in [0.3, 0.4) is 0 Å². The number of urea groups is 1. The molecule has 0 bridgehead atoms. The third-order valence-corrected chi connectivity index (χ3v) is 3.90. The minimum Gasteiger partial charge on any atom is -0.484 e. The minimum atomic E-state index is -0.258. The van der Waals surface area contributed by atoms with Crippen molar-refractivity contribution in [3.05, 3.63) is 54.6 Å². The summed E-state index contributed by atoms with van der Waals surface area (Å²) in [7, 11) is 0. The minimum absolute atomic E-state index is 0.0750. The number of para-hydroxylation sites is 1. The molecule has 6 nitrogen and oxygen atoms in total. The second-order valence-electron chi connectivity index (χ2n) is 5.86. The standard InChI is InChI=1S/C19H21N3O3/c23-18(14-25-17-9-2-1-3-10-17)20-15-7-6-8-16(13-15)21-19(24)22-11-4-5-12-22/h1-3,6-10,13H,4-5,11-12,14H2,(H,20,23)(H,21,24). The Morgan fingerprint density at radius 3 is 2.32 bits per heavy atom. The normalized spacial score (nSPS) is 13.4. The van der Waals surface area contributed by atoms with Crippen molar-refractivity contribution in [3.8, 4) is 5.75 Å². The molecule has 6 heteroatoms. The second kappa shape index (κ2) is 8.19. The molecule has 1 saturated heterocycles. The Hall–Kier alpha value is -3.02. The molecule has 3 rings (SSSR count). The summed E-state index contributed by atoms with van der Waals surface area (Å²) in [4.78, 5) is 25.9. The van der Waals surface area contributed by atoms with Crippen LogP contribution in [0.1, 0.15) is 12.8 Å². The SMILES string of the molecule is O=C(COc1ccccc1)Nc1cccc(NC(=O)N2CCCC2)c1. The van der Waals surface area contributed by atoms with E-state index in [9.17, 15) is 9.59 Å². The number of carbonyl (C=O) groups excluding carboxylic acids is 2. The van der Waals surface area contributed by atoms with Crippen LogP contribution in [0, 0.1) is 0 Å². The zero-order valence-corrected chi connectivity index (χ0v) is 13.9. The molecule has 0 unspecified atom stereocenters. The number of ether oxygens (including phenoxy) is 1. The average Bonchev–Trinajstić information content (AvgIpc) is 3.16. The van der Waals surface area contributed by atoms with Gasteiger partial charge in [0.1, 0.15) is 5.75 Å². The first kappa shape index (κ1) is 16.8. The number of anilines is 2. The molecular weight excluding hydrogens is 318 g/mol. The number of nitrogens with one attached hydrogen (secondary N) is 2. The Bertz CT molecular complexity index is 728. The van der Waals surface area contributed by atoms with Gasteiger partial charge in [0.05, 0.1) is 0 Å². The molecule has 1 fully saturated rings. The number of benzene rings is 2. The molecule has 0 radical (unpaired) electrons. The van der Waals surface area contributed by atoms with E-state index in [0.29, 0.717) is 17.1 Å². The zero-order valence-electron chi connectivity index (χ0n) is 13.9. The van der Waals surface area contributed by atoms with E-state index in [1.807, 2.05) is 18.2 Å². The van der Waals surface area contributed by atoms with E-state index < -0.39 is 0 Å². The van der Waals surface area contributed by atoms with Crippen LogP contribution in [-0.2, 0) is 4.79 Å². The van der Waals surface area contributed by atoms with Crippen molar-refractivity contribution in [1.29, 1.82) is 0 Å². The molecule has 0 aromatic heterocycles. The Kier molecular flexibility index (Phi) is 5.51. The molecule has 0 atom stereocenters. The highest BCUT2D eigenvalue weighted by Crippen LogP contribution is 2.17. The third-order valence-electron chi connectivity index (χ3n) is 3.90. The van der Waals surface area contributed by atoms with Crippen molar-refractivity contribution >= 4 is 23.3 Å². The van der Waals surface area contributed by atoms with E-state index >= 15 is 0 Å². The van der Waals surface area contributed by atoms with Crippen LogP contribution in [0.5, 0.6) is 5.75 Å². The number of nitrogens with zero attached hydrogens (tertiary/aromatic N) is 1. The van der Waals surface area contributed by atoms with E-state index in [0.717, 1.165) is 25.9 Å². The molecule has 2 aromatic rings. The van der Waals surface area contributed by atoms with E-state index in [1.54, 1.807) is 41.3 Å². The van der Waals surface area contributed by atoms with Crippen LogP contribution >= 0.6 is 0 Å². The van der Waals surface area contributed by atoms with Crippen LogP contribution in [0.2, 0.25) is 0 Å². The molecule has 130 valence electrons. The fourth-order valence-corrected chi connectivity index (χ4v) is 2.66. The predicted molar refractivity (Wildman–Crippen MR) is 96.8 cm³/mol. The maximum absolute atomic E-state index is 12.1. The number of amides is 3. The van der Waals surface area contributed by atoms with Crippen molar-refractivity contribution in [3.63, 3.8) is 0 Å². The first-order chi connectivity index (χ1) is 12.2. The van der Waals surface area contributed by atoms with Gasteiger partial charge >= 0.3 is 6.03 Å². The third kappa shape index (κ3) is 4.97. The van der Waals surface area contributed by atoms with Gasteiger partial charge in [0.2, 0.25) is 0 Å². The number of hydrogen-bond donors (Lipinski definition) is 2. The quantitative estimate of drug-likeness (QED) is 0.878. The summed E-state index contributed by atoms with van der Waals surface area (Å²) in [5, 5.41) is 5.63. The Morgan fingerprint density at radius 1 is 0.920 bits per heavy atom. The monoisotopic (exact) mass is 339 g/mol. The van der Waals surface area contributed by atoms with Crippen LogP contribution in [0.4, 0.5) is 16.2 Å². The van der Waals surface area contributed by atoms with Gasteiger partial charge in [0.15, 0.2) is 6.61 Å². The Labute approximate surface area is 146 Å².